The maximum absolute atomic E-state index is 13.3. The monoisotopic (exact) mass is 377 g/mol. The summed E-state index contributed by atoms with van der Waals surface area (Å²) in [6, 6.07) is 2.48. The molecule has 2 saturated heterocycles. The van der Waals surface area contributed by atoms with Crippen molar-refractivity contribution in [2.45, 2.75) is 32.0 Å². The van der Waals surface area contributed by atoms with E-state index in [-0.39, 0.29) is 5.82 Å². The first-order valence-corrected chi connectivity index (χ1v) is 9.53. The molecule has 1 N–H and O–H groups in total. The molecule has 2 atom stereocenters. The third-order valence-corrected chi connectivity index (χ3v) is 6.22. The van der Waals surface area contributed by atoms with Gasteiger partial charge in [-0.2, -0.15) is 18.3 Å². The Hall–Kier alpha value is -2.09. The lowest BCUT2D eigenvalue weighted by molar-refractivity contribution is -0.137. The van der Waals surface area contributed by atoms with Crippen molar-refractivity contribution in [1.82, 2.24) is 20.1 Å². The van der Waals surface area contributed by atoms with E-state index in [1.807, 2.05) is 4.90 Å². The summed E-state index contributed by atoms with van der Waals surface area (Å²) in [5.74, 6) is 0.858. The molecular weight excluding hydrogens is 355 g/mol. The summed E-state index contributed by atoms with van der Waals surface area (Å²) in [6.07, 6.45) is 0.475. The van der Waals surface area contributed by atoms with Crippen LogP contribution in [-0.4, -0.2) is 46.3 Å². The highest BCUT2D eigenvalue weighted by atomic mass is 19.4. The molecule has 144 valence electrons. The number of hydrogen-bond donors (Lipinski definition) is 1. The van der Waals surface area contributed by atoms with Crippen LogP contribution in [-0.2, 0) is 25.6 Å². The van der Waals surface area contributed by atoms with Crippen molar-refractivity contribution in [3.63, 3.8) is 0 Å². The van der Waals surface area contributed by atoms with Gasteiger partial charge in [-0.3, -0.25) is 10.00 Å². The number of aromatic amines is 1. The number of aromatic nitrogens is 3. The number of nitrogens with zero attached hydrogens (tertiary/aromatic N) is 4. The SMILES string of the molecule is FC(F)(F)c1cccnc1N1CC2CN(Cc3n[nH]c4c3CCC4)CC2C1. The van der Waals surface area contributed by atoms with E-state index >= 15 is 0 Å². The Bertz CT molecular complexity index is 832. The molecule has 0 radical (unpaired) electrons. The van der Waals surface area contributed by atoms with Crippen molar-refractivity contribution >= 4 is 5.82 Å². The van der Waals surface area contributed by atoms with Crippen LogP contribution in [0.3, 0.4) is 0 Å². The Morgan fingerprint density at radius 2 is 1.89 bits per heavy atom. The van der Waals surface area contributed by atoms with Gasteiger partial charge in [0.05, 0.1) is 11.3 Å². The molecule has 5 nitrogen and oxygen atoms in total. The van der Waals surface area contributed by atoms with Crippen LogP contribution in [0.1, 0.15) is 28.9 Å². The highest BCUT2D eigenvalue weighted by Crippen LogP contribution is 2.40. The number of hydrogen-bond acceptors (Lipinski definition) is 4. The minimum atomic E-state index is -4.37. The zero-order valence-corrected chi connectivity index (χ0v) is 15.0. The first-order chi connectivity index (χ1) is 13.0. The number of nitrogens with one attached hydrogen (secondary N) is 1. The summed E-state index contributed by atoms with van der Waals surface area (Å²) in [5.41, 5.74) is 3.19. The minimum Gasteiger partial charge on any atom is -0.355 e. The Kier molecular flexibility index (Phi) is 3.93. The Labute approximate surface area is 155 Å². The van der Waals surface area contributed by atoms with Crippen LogP contribution >= 0.6 is 0 Å². The number of halogens is 3. The molecule has 5 rings (SSSR count). The second-order valence-corrected chi connectivity index (χ2v) is 7.97. The number of H-pyrrole nitrogens is 1. The van der Waals surface area contributed by atoms with Gasteiger partial charge in [0, 0.05) is 44.6 Å². The van der Waals surface area contributed by atoms with Crippen LogP contribution in [0.2, 0.25) is 0 Å². The number of fused-ring (bicyclic) bond motifs is 2. The molecule has 2 unspecified atom stereocenters. The number of anilines is 1. The van der Waals surface area contributed by atoms with Gasteiger partial charge < -0.3 is 4.90 Å². The summed E-state index contributed by atoms with van der Waals surface area (Å²) in [4.78, 5) is 8.28. The molecule has 0 spiro atoms. The van der Waals surface area contributed by atoms with E-state index in [2.05, 4.69) is 20.1 Å². The number of aryl methyl sites for hydroxylation is 1. The fourth-order valence-electron chi connectivity index (χ4n) is 4.99. The molecule has 4 heterocycles. The van der Waals surface area contributed by atoms with Crippen LogP contribution in [0.25, 0.3) is 0 Å². The molecular formula is C19H22F3N5. The fourth-order valence-corrected chi connectivity index (χ4v) is 4.99. The summed E-state index contributed by atoms with van der Waals surface area (Å²) in [6.45, 7) is 3.95. The zero-order valence-electron chi connectivity index (χ0n) is 15.0. The van der Waals surface area contributed by atoms with Crippen molar-refractivity contribution in [3.8, 4) is 0 Å². The van der Waals surface area contributed by atoms with Crippen LogP contribution in [0, 0.1) is 11.8 Å². The van der Waals surface area contributed by atoms with E-state index in [0.717, 1.165) is 44.2 Å². The summed E-state index contributed by atoms with van der Waals surface area (Å²) >= 11 is 0. The second-order valence-electron chi connectivity index (χ2n) is 7.97. The van der Waals surface area contributed by atoms with Crippen molar-refractivity contribution in [2.75, 3.05) is 31.1 Å². The molecule has 0 saturated carbocycles. The van der Waals surface area contributed by atoms with E-state index in [1.54, 1.807) is 0 Å². The summed E-state index contributed by atoms with van der Waals surface area (Å²) in [5, 5.41) is 7.64. The van der Waals surface area contributed by atoms with Gasteiger partial charge in [-0.1, -0.05) is 0 Å². The van der Waals surface area contributed by atoms with Crippen LogP contribution in [0.5, 0.6) is 0 Å². The van der Waals surface area contributed by atoms with Gasteiger partial charge in [0.1, 0.15) is 5.82 Å². The lowest BCUT2D eigenvalue weighted by Crippen LogP contribution is -2.30. The number of likely N-dealkylation sites (tertiary alicyclic amines) is 1. The Morgan fingerprint density at radius 1 is 1.11 bits per heavy atom. The fraction of sp³-hybridized carbons (Fsp3) is 0.579. The van der Waals surface area contributed by atoms with Crippen LogP contribution in [0.4, 0.5) is 19.0 Å². The van der Waals surface area contributed by atoms with Gasteiger partial charge in [-0.15, -0.1) is 0 Å². The molecule has 0 bridgehead atoms. The number of rotatable bonds is 3. The molecule has 3 aliphatic rings. The quantitative estimate of drug-likeness (QED) is 0.894. The lowest BCUT2D eigenvalue weighted by Gasteiger charge is -2.24. The largest absolute Gasteiger partial charge is 0.419 e. The first kappa shape index (κ1) is 17.0. The Morgan fingerprint density at radius 3 is 2.63 bits per heavy atom. The summed E-state index contributed by atoms with van der Waals surface area (Å²) < 4.78 is 39.9. The van der Waals surface area contributed by atoms with Crippen molar-refractivity contribution in [1.29, 1.82) is 0 Å². The molecule has 1 aliphatic carbocycles. The molecule has 0 amide bonds. The first-order valence-electron chi connectivity index (χ1n) is 9.53. The molecule has 2 aromatic heterocycles. The van der Waals surface area contributed by atoms with Gasteiger partial charge in [-0.05, 0) is 48.8 Å². The zero-order chi connectivity index (χ0) is 18.6. The van der Waals surface area contributed by atoms with E-state index in [0.29, 0.717) is 24.9 Å². The molecule has 8 heteroatoms. The van der Waals surface area contributed by atoms with Gasteiger partial charge in [0.15, 0.2) is 0 Å². The topological polar surface area (TPSA) is 48.1 Å². The third-order valence-electron chi connectivity index (χ3n) is 6.22. The highest BCUT2D eigenvalue weighted by molar-refractivity contribution is 5.49. The minimum absolute atomic E-state index is 0.0797. The summed E-state index contributed by atoms with van der Waals surface area (Å²) in [7, 11) is 0. The normalized spacial score (nSPS) is 25.2. The lowest BCUT2D eigenvalue weighted by atomic mass is 10.0. The van der Waals surface area contributed by atoms with Crippen molar-refractivity contribution < 1.29 is 13.2 Å². The number of alkyl halides is 3. The highest BCUT2D eigenvalue weighted by Gasteiger charge is 2.43. The van der Waals surface area contributed by atoms with Crippen LogP contribution in [0.15, 0.2) is 18.3 Å². The third kappa shape index (κ3) is 2.99. The number of pyridine rings is 1. The average molecular weight is 377 g/mol. The van der Waals surface area contributed by atoms with E-state index < -0.39 is 11.7 Å². The Balaban J connectivity index is 1.26. The van der Waals surface area contributed by atoms with Gasteiger partial charge >= 0.3 is 6.18 Å². The average Bonchev–Trinajstić information content (AvgIpc) is 3.36. The molecule has 27 heavy (non-hydrogen) atoms. The van der Waals surface area contributed by atoms with Gasteiger partial charge in [0.2, 0.25) is 0 Å². The van der Waals surface area contributed by atoms with E-state index in [4.69, 9.17) is 0 Å². The van der Waals surface area contributed by atoms with Crippen molar-refractivity contribution in [3.05, 3.63) is 40.8 Å². The van der Waals surface area contributed by atoms with Crippen molar-refractivity contribution in [2.24, 2.45) is 11.8 Å². The van der Waals surface area contributed by atoms with E-state index in [9.17, 15) is 13.2 Å². The molecule has 2 aliphatic heterocycles. The van der Waals surface area contributed by atoms with Crippen LogP contribution < -0.4 is 4.90 Å². The maximum Gasteiger partial charge on any atom is 0.419 e. The smallest absolute Gasteiger partial charge is 0.355 e. The molecule has 2 aromatic rings. The molecule has 2 fully saturated rings. The predicted molar refractivity (Wildman–Crippen MR) is 94.3 cm³/mol. The van der Waals surface area contributed by atoms with Gasteiger partial charge in [0.25, 0.3) is 0 Å². The maximum atomic E-state index is 13.3. The van der Waals surface area contributed by atoms with E-state index in [1.165, 1.54) is 29.9 Å². The second kappa shape index (κ2) is 6.22. The molecule has 0 aromatic carbocycles. The standard InChI is InChI=1S/C19H22F3N5/c20-19(21,22)15-4-2-6-23-18(15)27-9-12-7-26(8-13(12)10-27)11-17-14-3-1-5-16(14)24-25-17/h2,4,6,12-13H,1,3,5,7-11H2,(H,24,25). The van der Waals surface area contributed by atoms with Gasteiger partial charge in [-0.25, -0.2) is 4.98 Å². The predicted octanol–water partition coefficient (Wildman–Crippen LogP) is 2.88.